The van der Waals surface area contributed by atoms with E-state index in [2.05, 4.69) is 5.32 Å². The van der Waals surface area contributed by atoms with Gasteiger partial charge in [0.2, 0.25) is 0 Å². The number of nitrogens with two attached hydrogens (primary N) is 1. The van der Waals surface area contributed by atoms with Crippen molar-refractivity contribution in [3.05, 3.63) is 16.0 Å². The molecule has 0 spiro atoms. The van der Waals surface area contributed by atoms with Crippen LogP contribution in [0.25, 0.3) is 0 Å². The first-order valence-corrected chi connectivity index (χ1v) is 8.54. The molecule has 3 rings (SSSR count). The zero-order valence-corrected chi connectivity index (χ0v) is 13.0. The van der Waals surface area contributed by atoms with Gasteiger partial charge in [-0.3, -0.25) is 9.59 Å². The molecule has 114 valence electrons. The first kappa shape index (κ1) is 14.5. The number of amides is 2. The molecule has 2 amide bonds. The van der Waals surface area contributed by atoms with Crippen molar-refractivity contribution in [1.29, 1.82) is 0 Å². The van der Waals surface area contributed by atoms with Crippen molar-refractivity contribution < 1.29 is 14.5 Å². The molecule has 2 heterocycles. The Labute approximate surface area is 128 Å². The molecule has 0 aromatic carbocycles. The second-order valence-corrected chi connectivity index (χ2v) is 7.07. The van der Waals surface area contributed by atoms with Gasteiger partial charge in [-0.15, -0.1) is 11.3 Å². The molecular weight excluding hydrogens is 286 g/mol. The van der Waals surface area contributed by atoms with Gasteiger partial charge in [0.05, 0.1) is 18.7 Å². The molecule has 1 aliphatic heterocycles. The molecule has 1 fully saturated rings. The van der Waals surface area contributed by atoms with E-state index in [4.69, 9.17) is 5.73 Å². The molecule has 0 radical (unpaired) electrons. The maximum absolute atomic E-state index is 12.2. The number of hydrogen-bond donors (Lipinski definition) is 3. The van der Waals surface area contributed by atoms with E-state index in [0.29, 0.717) is 17.1 Å². The SMILES string of the molecule is NC(=O)c1c(NC(=O)C[NH+]2CCCC2)sc2c1CCCC2. The number of aryl methyl sites for hydroxylation is 1. The van der Waals surface area contributed by atoms with Crippen molar-refractivity contribution >= 4 is 28.2 Å². The van der Waals surface area contributed by atoms with Crippen LogP contribution in [0, 0.1) is 0 Å². The summed E-state index contributed by atoms with van der Waals surface area (Å²) in [4.78, 5) is 26.5. The Kier molecular flexibility index (Phi) is 4.26. The molecule has 0 unspecified atom stereocenters. The second-order valence-electron chi connectivity index (χ2n) is 5.96. The highest BCUT2D eigenvalue weighted by Gasteiger charge is 2.26. The van der Waals surface area contributed by atoms with Crippen LogP contribution >= 0.6 is 11.3 Å². The molecule has 2 aliphatic rings. The molecule has 1 aromatic heterocycles. The third-order valence-corrected chi connectivity index (χ3v) is 5.60. The van der Waals surface area contributed by atoms with E-state index in [1.54, 1.807) is 0 Å². The van der Waals surface area contributed by atoms with E-state index in [0.717, 1.165) is 44.3 Å². The zero-order chi connectivity index (χ0) is 14.8. The van der Waals surface area contributed by atoms with Gasteiger partial charge in [-0.05, 0) is 31.2 Å². The van der Waals surface area contributed by atoms with Gasteiger partial charge in [0, 0.05) is 17.7 Å². The molecule has 6 heteroatoms. The number of primary amides is 1. The molecule has 0 bridgehead atoms. The summed E-state index contributed by atoms with van der Waals surface area (Å²) >= 11 is 1.53. The number of thiophene rings is 1. The van der Waals surface area contributed by atoms with Crippen molar-refractivity contribution in [2.75, 3.05) is 25.0 Å². The van der Waals surface area contributed by atoms with Gasteiger partial charge in [0.15, 0.2) is 6.54 Å². The van der Waals surface area contributed by atoms with Crippen LogP contribution < -0.4 is 16.0 Å². The largest absolute Gasteiger partial charge is 0.365 e. The van der Waals surface area contributed by atoms with Crippen molar-refractivity contribution in [3.8, 4) is 0 Å². The number of hydrogen-bond acceptors (Lipinski definition) is 3. The summed E-state index contributed by atoms with van der Waals surface area (Å²) in [7, 11) is 0. The van der Waals surface area contributed by atoms with Gasteiger partial charge in [-0.1, -0.05) is 0 Å². The second kappa shape index (κ2) is 6.15. The van der Waals surface area contributed by atoms with Crippen LogP contribution in [0.3, 0.4) is 0 Å². The summed E-state index contributed by atoms with van der Waals surface area (Å²) < 4.78 is 0. The maximum atomic E-state index is 12.2. The van der Waals surface area contributed by atoms with E-state index >= 15 is 0 Å². The van der Waals surface area contributed by atoms with E-state index < -0.39 is 5.91 Å². The fraction of sp³-hybridized carbons (Fsp3) is 0.600. The average Bonchev–Trinajstić information content (AvgIpc) is 3.04. The lowest BCUT2D eigenvalue weighted by Crippen LogP contribution is -3.11. The van der Waals surface area contributed by atoms with E-state index in [1.807, 2.05) is 0 Å². The molecule has 5 nitrogen and oxygen atoms in total. The summed E-state index contributed by atoms with van der Waals surface area (Å²) in [5.74, 6) is -0.425. The van der Waals surface area contributed by atoms with Gasteiger partial charge < -0.3 is 16.0 Å². The van der Waals surface area contributed by atoms with Crippen molar-refractivity contribution in [1.82, 2.24) is 0 Å². The molecule has 4 N–H and O–H groups in total. The van der Waals surface area contributed by atoms with Gasteiger partial charge in [-0.25, -0.2) is 0 Å². The number of carbonyl (C=O) groups is 2. The standard InChI is InChI=1S/C15H21N3O2S/c16-14(20)13-10-5-1-2-6-11(10)21-15(13)17-12(19)9-18-7-3-4-8-18/h1-9H2,(H2,16,20)(H,17,19)/p+1. The highest BCUT2D eigenvalue weighted by Crippen LogP contribution is 2.37. The predicted octanol–water partition coefficient (Wildman–Crippen LogP) is 0.343. The monoisotopic (exact) mass is 308 g/mol. The smallest absolute Gasteiger partial charge is 0.280 e. The Balaban J connectivity index is 1.76. The summed E-state index contributed by atoms with van der Waals surface area (Å²) in [6.45, 7) is 2.62. The van der Waals surface area contributed by atoms with Gasteiger partial charge in [0.1, 0.15) is 5.00 Å². The van der Waals surface area contributed by atoms with Crippen LogP contribution in [0.2, 0.25) is 0 Å². The lowest BCUT2D eigenvalue weighted by Gasteiger charge is -2.12. The number of anilines is 1. The Bertz CT molecular complexity index is 562. The fourth-order valence-electron chi connectivity index (χ4n) is 3.36. The molecule has 1 saturated heterocycles. The third-order valence-electron chi connectivity index (χ3n) is 4.39. The van der Waals surface area contributed by atoms with Crippen molar-refractivity contribution in [3.63, 3.8) is 0 Å². The highest BCUT2D eigenvalue weighted by molar-refractivity contribution is 7.17. The number of likely N-dealkylation sites (tertiary alicyclic amines) is 1. The number of rotatable bonds is 4. The molecule has 1 aliphatic carbocycles. The minimum absolute atomic E-state index is 0.00648. The topological polar surface area (TPSA) is 76.6 Å². The first-order chi connectivity index (χ1) is 10.1. The normalized spacial score (nSPS) is 18.5. The molecule has 1 aromatic rings. The molecule has 0 atom stereocenters. The van der Waals surface area contributed by atoms with E-state index in [-0.39, 0.29) is 5.91 Å². The van der Waals surface area contributed by atoms with Crippen LogP contribution in [0.1, 0.15) is 46.5 Å². The lowest BCUT2D eigenvalue weighted by molar-refractivity contribution is -0.878. The van der Waals surface area contributed by atoms with Gasteiger partial charge in [0.25, 0.3) is 11.8 Å². The summed E-state index contributed by atoms with van der Waals surface area (Å²) in [5, 5.41) is 3.60. The third kappa shape index (κ3) is 3.11. The Morgan fingerprint density at radius 2 is 1.86 bits per heavy atom. The number of nitrogens with one attached hydrogen (secondary N) is 2. The predicted molar refractivity (Wildman–Crippen MR) is 82.9 cm³/mol. The first-order valence-electron chi connectivity index (χ1n) is 7.73. The van der Waals surface area contributed by atoms with E-state index in [1.165, 1.54) is 34.0 Å². The fourth-order valence-corrected chi connectivity index (χ4v) is 4.68. The zero-order valence-electron chi connectivity index (χ0n) is 12.2. The summed E-state index contributed by atoms with van der Waals surface area (Å²) in [6.07, 6.45) is 6.53. The van der Waals surface area contributed by atoms with Crippen LogP contribution in [0.5, 0.6) is 0 Å². The van der Waals surface area contributed by atoms with Crippen LogP contribution in [0.15, 0.2) is 0 Å². The number of fused-ring (bicyclic) bond motifs is 1. The quantitative estimate of drug-likeness (QED) is 0.750. The number of quaternary nitrogens is 1. The van der Waals surface area contributed by atoms with Gasteiger partial charge >= 0.3 is 0 Å². The summed E-state index contributed by atoms with van der Waals surface area (Å²) in [6, 6.07) is 0. The molecule has 0 saturated carbocycles. The van der Waals surface area contributed by atoms with E-state index in [9.17, 15) is 9.59 Å². The lowest BCUT2D eigenvalue weighted by atomic mass is 9.95. The van der Waals surface area contributed by atoms with Crippen molar-refractivity contribution in [2.45, 2.75) is 38.5 Å². The Hall–Kier alpha value is -1.40. The molecular formula is C15H22N3O2S+. The van der Waals surface area contributed by atoms with Crippen LogP contribution in [0.4, 0.5) is 5.00 Å². The van der Waals surface area contributed by atoms with Gasteiger partial charge in [-0.2, -0.15) is 0 Å². The summed E-state index contributed by atoms with van der Waals surface area (Å²) in [5.41, 5.74) is 7.16. The Morgan fingerprint density at radius 1 is 1.14 bits per heavy atom. The highest BCUT2D eigenvalue weighted by atomic mass is 32.1. The number of carbonyl (C=O) groups excluding carboxylic acids is 2. The minimum atomic E-state index is -0.418. The van der Waals surface area contributed by atoms with Crippen molar-refractivity contribution in [2.24, 2.45) is 5.73 Å². The average molecular weight is 308 g/mol. The Morgan fingerprint density at radius 3 is 2.57 bits per heavy atom. The molecule has 21 heavy (non-hydrogen) atoms. The van der Waals surface area contributed by atoms with Crippen LogP contribution in [-0.2, 0) is 17.6 Å². The minimum Gasteiger partial charge on any atom is -0.365 e. The maximum Gasteiger partial charge on any atom is 0.280 e. The van der Waals surface area contributed by atoms with Crippen LogP contribution in [-0.4, -0.2) is 31.4 Å².